The van der Waals surface area contributed by atoms with Crippen LogP contribution in [0.5, 0.6) is 5.75 Å². The van der Waals surface area contributed by atoms with Crippen molar-refractivity contribution in [1.29, 1.82) is 5.26 Å². The molecule has 3 aromatic heterocycles. The molecule has 50 heavy (non-hydrogen) atoms. The fraction of sp³-hybridized carbons (Fsp3) is 0.324. The summed E-state index contributed by atoms with van der Waals surface area (Å²) in [6, 6.07) is 9.41. The number of carboxylic acid groups (broad SMARTS) is 1. The van der Waals surface area contributed by atoms with Crippen molar-refractivity contribution in [2.45, 2.75) is 26.6 Å². The number of alkyl halides is 4. The quantitative estimate of drug-likeness (QED) is 0.165. The summed E-state index contributed by atoms with van der Waals surface area (Å²) in [7, 11) is 0. The van der Waals surface area contributed by atoms with Crippen molar-refractivity contribution in [1.82, 2.24) is 19.4 Å². The molecule has 1 aliphatic heterocycles. The number of carboxylic acids is 1. The molecule has 0 atom stereocenters. The SMILES string of the molecule is Cc1cc(-c2cc(Cl)ccc2OCCn2c(C)nc3cc(C(F)(F)F)c(N4CCN(CCF)CC4)c(C#N)c3c2=O)c2scc(C(=O)O)c2n1. The highest BCUT2D eigenvalue weighted by atomic mass is 35.5. The van der Waals surface area contributed by atoms with Crippen molar-refractivity contribution in [3.63, 3.8) is 0 Å². The summed E-state index contributed by atoms with van der Waals surface area (Å²) in [5.74, 6) is -0.601. The van der Waals surface area contributed by atoms with E-state index < -0.39 is 35.5 Å². The summed E-state index contributed by atoms with van der Waals surface area (Å²) in [5, 5.41) is 21.6. The number of nitrogens with zero attached hydrogens (tertiary/aromatic N) is 6. The van der Waals surface area contributed by atoms with Crippen LogP contribution in [0.4, 0.5) is 23.2 Å². The summed E-state index contributed by atoms with van der Waals surface area (Å²) >= 11 is 7.58. The number of piperazine rings is 1. The van der Waals surface area contributed by atoms with Gasteiger partial charge in [0.1, 0.15) is 30.9 Å². The van der Waals surface area contributed by atoms with E-state index >= 15 is 0 Å². The largest absolute Gasteiger partial charge is 0.491 e. The lowest BCUT2D eigenvalue weighted by atomic mass is 10.00. The van der Waals surface area contributed by atoms with Crippen LogP contribution in [0.1, 0.15) is 33.0 Å². The van der Waals surface area contributed by atoms with E-state index in [0.717, 1.165) is 6.07 Å². The Hall–Kier alpha value is -4.78. The third-order valence-electron chi connectivity index (χ3n) is 8.60. The summed E-state index contributed by atoms with van der Waals surface area (Å²) in [4.78, 5) is 37.7. The minimum absolute atomic E-state index is 0.0637. The van der Waals surface area contributed by atoms with Gasteiger partial charge in [-0.15, -0.1) is 11.3 Å². The minimum Gasteiger partial charge on any atom is -0.491 e. The first kappa shape index (κ1) is 35.1. The van der Waals surface area contributed by atoms with E-state index in [1.54, 1.807) is 36.1 Å². The maximum absolute atomic E-state index is 14.4. The van der Waals surface area contributed by atoms with Crippen LogP contribution in [-0.4, -0.2) is 76.5 Å². The van der Waals surface area contributed by atoms with Crippen molar-refractivity contribution in [3.8, 4) is 22.9 Å². The second kappa shape index (κ2) is 13.9. The number of aryl methyl sites for hydroxylation is 2. The molecule has 0 amide bonds. The fourth-order valence-electron chi connectivity index (χ4n) is 6.29. The van der Waals surface area contributed by atoms with Gasteiger partial charge in [-0.2, -0.15) is 18.4 Å². The summed E-state index contributed by atoms with van der Waals surface area (Å²) in [6.45, 7) is 3.46. The molecule has 1 saturated heterocycles. The van der Waals surface area contributed by atoms with E-state index in [4.69, 9.17) is 16.3 Å². The zero-order chi connectivity index (χ0) is 35.9. The second-order valence-electron chi connectivity index (χ2n) is 11.7. The Kier molecular flexibility index (Phi) is 9.71. The van der Waals surface area contributed by atoms with Gasteiger partial charge in [0.25, 0.3) is 5.56 Å². The number of fused-ring (bicyclic) bond motifs is 2. The molecule has 0 aliphatic carbocycles. The molecule has 1 fully saturated rings. The molecule has 1 N–H and O–H groups in total. The molecule has 1 aliphatic rings. The highest BCUT2D eigenvalue weighted by molar-refractivity contribution is 7.18. The normalized spacial score (nSPS) is 14.0. The van der Waals surface area contributed by atoms with Crippen LogP contribution in [0.3, 0.4) is 0 Å². The number of halogens is 5. The van der Waals surface area contributed by atoms with Crippen LogP contribution in [0.15, 0.2) is 40.5 Å². The van der Waals surface area contributed by atoms with Gasteiger partial charge in [-0.1, -0.05) is 11.6 Å². The molecule has 260 valence electrons. The molecular weight excluding hydrogens is 700 g/mol. The number of hydrogen-bond donors (Lipinski definition) is 1. The van der Waals surface area contributed by atoms with Gasteiger partial charge in [-0.3, -0.25) is 19.2 Å². The molecule has 6 rings (SSSR count). The Labute approximate surface area is 291 Å². The smallest absolute Gasteiger partial charge is 0.418 e. The molecule has 16 heteroatoms. The number of aromatic nitrogens is 3. The zero-order valence-electron chi connectivity index (χ0n) is 26.8. The van der Waals surface area contributed by atoms with Crippen LogP contribution >= 0.6 is 22.9 Å². The van der Waals surface area contributed by atoms with Gasteiger partial charge in [0.05, 0.1) is 50.0 Å². The Morgan fingerprint density at radius 1 is 1.10 bits per heavy atom. The minimum atomic E-state index is -4.84. The number of ether oxygens (including phenoxy) is 1. The van der Waals surface area contributed by atoms with Crippen molar-refractivity contribution in [2.75, 3.05) is 50.9 Å². The number of anilines is 1. The van der Waals surface area contributed by atoms with Gasteiger partial charge in [0, 0.05) is 59.9 Å². The van der Waals surface area contributed by atoms with Gasteiger partial charge in [-0.05, 0) is 44.2 Å². The molecule has 4 heterocycles. The maximum Gasteiger partial charge on any atom is 0.418 e. The number of rotatable bonds is 9. The van der Waals surface area contributed by atoms with E-state index in [1.807, 2.05) is 6.07 Å². The molecule has 0 radical (unpaired) electrons. The Balaban J connectivity index is 1.37. The number of nitriles is 1. The zero-order valence-corrected chi connectivity index (χ0v) is 28.3. The van der Waals surface area contributed by atoms with Gasteiger partial charge >= 0.3 is 12.1 Å². The van der Waals surface area contributed by atoms with Gasteiger partial charge < -0.3 is 14.7 Å². The molecule has 10 nitrogen and oxygen atoms in total. The average Bonchev–Trinajstić information content (AvgIpc) is 3.50. The van der Waals surface area contributed by atoms with Crippen molar-refractivity contribution in [3.05, 3.63) is 79.3 Å². The molecule has 0 saturated carbocycles. The lowest BCUT2D eigenvalue weighted by Gasteiger charge is -2.37. The number of pyridine rings is 1. The highest BCUT2D eigenvalue weighted by Crippen LogP contribution is 2.42. The fourth-order valence-corrected chi connectivity index (χ4v) is 7.47. The third-order valence-corrected chi connectivity index (χ3v) is 9.84. The average molecular weight is 729 g/mol. The van der Waals surface area contributed by atoms with Crippen LogP contribution in [-0.2, 0) is 12.7 Å². The first-order chi connectivity index (χ1) is 23.8. The van der Waals surface area contributed by atoms with Gasteiger partial charge in [-0.25, -0.2) is 14.2 Å². The number of thiophene rings is 1. The molecule has 5 aromatic rings. The van der Waals surface area contributed by atoms with E-state index in [-0.39, 0.29) is 60.8 Å². The maximum atomic E-state index is 14.4. The first-order valence-corrected chi connectivity index (χ1v) is 16.7. The predicted octanol–water partition coefficient (Wildman–Crippen LogP) is 6.70. The number of hydrogen-bond acceptors (Lipinski definition) is 9. The Bertz CT molecular complexity index is 2240. The molecule has 0 spiro atoms. The monoisotopic (exact) mass is 728 g/mol. The topological polar surface area (TPSA) is 125 Å². The first-order valence-electron chi connectivity index (χ1n) is 15.5. The summed E-state index contributed by atoms with van der Waals surface area (Å²) in [6.07, 6.45) is -4.84. The Morgan fingerprint density at radius 2 is 1.84 bits per heavy atom. The number of carbonyl (C=O) groups is 1. The van der Waals surface area contributed by atoms with Crippen LogP contribution in [0.2, 0.25) is 5.02 Å². The Morgan fingerprint density at radius 3 is 2.50 bits per heavy atom. The van der Waals surface area contributed by atoms with Crippen molar-refractivity contribution >= 4 is 55.7 Å². The van der Waals surface area contributed by atoms with Crippen molar-refractivity contribution in [2.24, 2.45) is 0 Å². The molecule has 0 bridgehead atoms. The lowest BCUT2D eigenvalue weighted by Crippen LogP contribution is -2.47. The number of benzene rings is 2. The van der Waals surface area contributed by atoms with Gasteiger partial charge in [0.2, 0.25) is 0 Å². The predicted molar refractivity (Wildman–Crippen MR) is 182 cm³/mol. The number of aromatic carboxylic acids is 1. The van der Waals surface area contributed by atoms with Crippen LogP contribution < -0.4 is 15.2 Å². The second-order valence-corrected chi connectivity index (χ2v) is 13.0. The molecule has 0 unspecified atom stereocenters. The van der Waals surface area contributed by atoms with E-state index in [1.165, 1.54) is 33.1 Å². The summed E-state index contributed by atoms with van der Waals surface area (Å²) in [5.41, 5.74) is -0.622. The van der Waals surface area contributed by atoms with E-state index in [2.05, 4.69) is 9.97 Å². The summed E-state index contributed by atoms with van der Waals surface area (Å²) < 4.78 is 64.2. The third kappa shape index (κ3) is 6.58. The van der Waals surface area contributed by atoms with E-state index in [9.17, 15) is 37.5 Å². The standard InChI is InChI=1S/C34H29ClF4N6O4S/c1-18-13-22(31-29(41-18)24(17-50-31)33(47)48)21-14-20(35)3-4-27(21)49-12-11-45-19(2)42-26-15-25(34(37,38)39)30(23(16-40)28(26)32(45)46)44-9-7-43(6-5-36)8-10-44/h3-4,13-15,17H,5-12H2,1-2H3,(H,47,48). The van der Waals surface area contributed by atoms with Crippen molar-refractivity contribution < 1.29 is 32.2 Å². The lowest BCUT2D eigenvalue weighted by molar-refractivity contribution is -0.137. The highest BCUT2D eigenvalue weighted by Gasteiger charge is 2.39. The van der Waals surface area contributed by atoms with Gasteiger partial charge in [0.15, 0.2) is 0 Å². The molecule has 2 aromatic carbocycles. The molecular formula is C34H29ClF4N6O4S. The van der Waals surface area contributed by atoms with E-state index in [0.29, 0.717) is 50.9 Å². The van der Waals surface area contributed by atoms with Crippen LogP contribution in [0, 0.1) is 25.2 Å². The van der Waals surface area contributed by atoms with Crippen LogP contribution in [0.25, 0.3) is 32.2 Å².